The quantitative estimate of drug-likeness (QED) is 0.370. The van der Waals surface area contributed by atoms with Gasteiger partial charge in [-0.25, -0.2) is 0 Å². The molecule has 0 aliphatic carbocycles. The number of nitrogens with two attached hydrogens (primary N) is 1. The van der Waals surface area contributed by atoms with Crippen LogP contribution < -0.4 is 5.73 Å². The van der Waals surface area contributed by atoms with E-state index in [0.717, 1.165) is 12.8 Å². The van der Waals surface area contributed by atoms with Crippen molar-refractivity contribution >= 4 is 23.3 Å². The molecule has 0 spiro atoms. The van der Waals surface area contributed by atoms with Crippen molar-refractivity contribution in [3.8, 4) is 0 Å². The molecule has 1 aliphatic heterocycles. The molecule has 102 valence electrons. The number of pyridine rings is 1. The van der Waals surface area contributed by atoms with Crippen LogP contribution in [0.15, 0.2) is 23.6 Å². The zero-order chi connectivity index (χ0) is 13.8. The Morgan fingerprint density at radius 2 is 2.42 bits per heavy atom. The Morgan fingerprint density at radius 3 is 3.11 bits per heavy atom. The van der Waals surface area contributed by atoms with Gasteiger partial charge in [-0.15, -0.1) is 0 Å². The van der Waals surface area contributed by atoms with Gasteiger partial charge < -0.3 is 15.8 Å². The summed E-state index contributed by atoms with van der Waals surface area (Å²) in [7, 11) is 0. The standard InChI is InChI=1S/C12H15ClN4O2/c13-10-6-15-4-3-9(10)12(18)17-5-1-2-8(7-17)11(14)16-19/h3-4,6,8,19H,1-2,5,7H2,(H2,14,16). The zero-order valence-electron chi connectivity index (χ0n) is 10.3. The van der Waals surface area contributed by atoms with Gasteiger partial charge >= 0.3 is 0 Å². The topological polar surface area (TPSA) is 91.8 Å². The number of amidine groups is 1. The molecule has 6 nitrogen and oxygen atoms in total. The van der Waals surface area contributed by atoms with Gasteiger partial charge in [0, 0.05) is 31.4 Å². The second-order valence-electron chi connectivity index (χ2n) is 4.47. The Bertz CT molecular complexity index is 506. The third-order valence-electron chi connectivity index (χ3n) is 3.25. The predicted molar refractivity (Wildman–Crippen MR) is 71.3 cm³/mol. The smallest absolute Gasteiger partial charge is 0.255 e. The van der Waals surface area contributed by atoms with Crippen LogP contribution in [-0.4, -0.2) is 39.9 Å². The molecule has 2 rings (SSSR count). The molecule has 0 saturated carbocycles. The molecule has 1 fully saturated rings. The number of likely N-dealkylation sites (tertiary alicyclic amines) is 1. The highest BCUT2D eigenvalue weighted by atomic mass is 35.5. The minimum absolute atomic E-state index is 0.108. The van der Waals surface area contributed by atoms with Crippen LogP contribution in [0, 0.1) is 5.92 Å². The van der Waals surface area contributed by atoms with E-state index in [-0.39, 0.29) is 17.7 Å². The van der Waals surface area contributed by atoms with Crippen LogP contribution in [0.1, 0.15) is 23.2 Å². The number of rotatable bonds is 2. The molecular formula is C12H15ClN4O2. The van der Waals surface area contributed by atoms with E-state index in [9.17, 15) is 4.79 Å². The van der Waals surface area contributed by atoms with Crippen molar-refractivity contribution < 1.29 is 10.0 Å². The highest BCUT2D eigenvalue weighted by molar-refractivity contribution is 6.33. The van der Waals surface area contributed by atoms with E-state index in [1.165, 1.54) is 12.4 Å². The van der Waals surface area contributed by atoms with Gasteiger partial charge in [-0.3, -0.25) is 9.78 Å². The highest BCUT2D eigenvalue weighted by Crippen LogP contribution is 2.21. The predicted octanol–water partition coefficient (Wildman–Crippen LogP) is 1.33. The molecule has 0 radical (unpaired) electrons. The van der Waals surface area contributed by atoms with E-state index in [4.69, 9.17) is 22.5 Å². The lowest BCUT2D eigenvalue weighted by atomic mass is 9.96. The Kier molecular flexibility index (Phi) is 4.21. The van der Waals surface area contributed by atoms with E-state index >= 15 is 0 Å². The number of carbonyl (C=O) groups excluding carboxylic acids is 1. The van der Waals surface area contributed by atoms with Gasteiger partial charge in [0.2, 0.25) is 0 Å². The number of carbonyl (C=O) groups is 1. The lowest BCUT2D eigenvalue weighted by Gasteiger charge is -2.32. The number of amides is 1. The summed E-state index contributed by atoms with van der Waals surface area (Å²) in [5.41, 5.74) is 6.03. The number of nitrogens with zero attached hydrogens (tertiary/aromatic N) is 3. The Balaban J connectivity index is 2.14. The zero-order valence-corrected chi connectivity index (χ0v) is 11.0. The first kappa shape index (κ1) is 13.6. The summed E-state index contributed by atoms with van der Waals surface area (Å²) in [6.07, 6.45) is 4.60. The lowest BCUT2D eigenvalue weighted by molar-refractivity contribution is 0.0701. The summed E-state index contributed by atoms with van der Waals surface area (Å²) in [4.78, 5) is 17.9. The first-order valence-corrected chi connectivity index (χ1v) is 6.37. The summed E-state index contributed by atoms with van der Waals surface area (Å²) in [5, 5.41) is 12.1. The van der Waals surface area contributed by atoms with Gasteiger partial charge in [0.25, 0.3) is 5.91 Å². The number of aromatic nitrogens is 1. The van der Waals surface area contributed by atoms with Crippen molar-refractivity contribution in [2.75, 3.05) is 13.1 Å². The summed E-state index contributed by atoms with van der Waals surface area (Å²) in [6, 6.07) is 1.60. The van der Waals surface area contributed by atoms with Crippen LogP contribution in [0.4, 0.5) is 0 Å². The van der Waals surface area contributed by atoms with Crippen molar-refractivity contribution in [1.82, 2.24) is 9.88 Å². The van der Waals surface area contributed by atoms with E-state index in [1.807, 2.05) is 0 Å². The summed E-state index contributed by atoms with van der Waals surface area (Å²) in [6.45, 7) is 1.08. The SMILES string of the molecule is NC(=NO)C1CCCN(C(=O)c2ccncc2Cl)C1. The largest absolute Gasteiger partial charge is 0.409 e. The van der Waals surface area contributed by atoms with Crippen LogP contribution in [0.25, 0.3) is 0 Å². The van der Waals surface area contributed by atoms with Crippen molar-refractivity contribution in [1.29, 1.82) is 0 Å². The van der Waals surface area contributed by atoms with Gasteiger partial charge in [0.1, 0.15) is 5.84 Å². The monoisotopic (exact) mass is 282 g/mol. The number of halogens is 1. The maximum atomic E-state index is 12.3. The molecule has 1 aromatic rings. The van der Waals surface area contributed by atoms with Crippen LogP contribution in [0.2, 0.25) is 5.02 Å². The van der Waals surface area contributed by atoms with Crippen LogP contribution in [-0.2, 0) is 0 Å². The van der Waals surface area contributed by atoms with E-state index in [0.29, 0.717) is 23.7 Å². The molecule has 1 atom stereocenters. The fraction of sp³-hybridized carbons (Fsp3) is 0.417. The number of oxime groups is 1. The average Bonchev–Trinajstić information content (AvgIpc) is 2.46. The summed E-state index contributed by atoms with van der Waals surface area (Å²) < 4.78 is 0. The van der Waals surface area contributed by atoms with Crippen LogP contribution in [0.5, 0.6) is 0 Å². The summed E-state index contributed by atoms with van der Waals surface area (Å²) in [5.74, 6) is -0.0931. The molecule has 1 unspecified atom stereocenters. The van der Waals surface area contributed by atoms with Crippen molar-refractivity contribution in [3.05, 3.63) is 29.0 Å². The van der Waals surface area contributed by atoms with Crippen LogP contribution >= 0.6 is 11.6 Å². The fourth-order valence-corrected chi connectivity index (χ4v) is 2.40. The molecule has 1 amide bonds. The van der Waals surface area contributed by atoms with Gasteiger partial charge in [-0.05, 0) is 18.9 Å². The highest BCUT2D eigenvalue weighted by Gasteiger charge is 2.27. The molecule has 0 aromatic carbocycles. The molecule has 0 bridgehead atoms. The Labute approximate surface area is 115 Å². The number of piperidine rings is 1. The number of hydrogen-bond acceptors (Lipinski definition) is 4. The van der Waals surface area contributed by atoms with Gasteiger partial charge in [0.05, 0.1) is 10.6 Å². The van der Waals surface area contributed by atoms with E-state index in [1.54, 1.807) is 11.0 Å². The lowest BCUT2D eigenvalue weighted by Crippen LogP contribution is -2.44. The third-order valence-corrected chi connectivity index (χ3v) is 3.55. The first-order valence-electron chi connectivity index (χ1n) is 5.99. The first-order chi connectivity index (χ1) is 9.13. The molecule has 7 heteroatoms. The second kappa shape index (κ2) is 5.88. The maximum absolute atomic E-state index is 12.3. The van der Waals surface area contributed by atoms with Crippen molar-refractivity contribution in [2.45, 2.75) is 12.8 Å². The average molecular weight is 283 g/mol. The minimum atomic E-state index is -0.150. The molecule has 3 N–H and O–H groups in total. The molecule has 1 saturated heterocycles. The molecule has 2 heterocycles. The molecular weight excluding hydrogens is 268 g/mol. The fourth-order valence-electron chi connectivity index (χ4n) is 2.20. The molecule has 1 aromatic heterocycles. The summed E-state index contributed by atoms with van der Waals surface area (Å²) >= 11 is 5.97. The van der Waals surface area contributed by atoms with Gasteiger partial charge in [0.15, 0.2) is 0 Å². The second-order valence-corrected chi connectivity index (χ2v) is 4.88. The molecule has 19 heavy (non-hydrogen) atoms. The van der Waals surface area contributed by atoms with Crippen molar-refractivity contribution in [3.63, 3.8) is 0 Å². The number of hydrogen-bond donors (Lipinski definition) is 2. The third kappa shape index (κ3) is 2.96. The Morgan fingerprint density at radius 1 is 1.63 bits per heavy atom. The Hall–Kier alpha value is -1.82. The molecule has 1 aliphatic rings. The van der Waals surface area contributed by atoms with E-state index in [2.05, 4.69) is 10.1 Å². The minimum Gasteiger partial charge on any atom is -0.409 e. The van der Waals surface area contributed by atoms with Crippen LogP contribution in [0.3, 0.4) is 0 Å². The normalized spacial score (nSPS) is 20.4. The van der Waals surface area contributed by atoms with Gasteiger partial charge in [-0.2, -0.15) is 0 Å². The maximum Gasteiger partial charge on any atom is 0.255 e. The van der Waals surface area contributed by atoms with Crippen molar-refractivity contribution in [2.24, 2.45) is 16.8 Å². The van der Waals surface area contributed by atoms with Gasteiger partial charge in [-0.1, -0.05) is 16.8 Å². The van der Waals surface area contributed by atoms with E-state index < -0.39 is 0 Å².